The molecule has 0 aliphatic heterocycles. The molecule has 0 spiro atoms. The highest BCUT2D eigenvalue weighted by Crippen LogP contribution is 2.14. The third-order valence-electron chi connectivity index (χ3n) is 8.36. The molecule has 1 atom stereocenters. The number of carbonyl (C=O) groups excluding carboxylic acids is 4. The number of Topliss-reactive ketones (excluding diaryl/α,β-unsaturated/α-hetero) is 1. The van der Waals surface area contributed by atoms with Crippen LogP contribution in [0.3, 0.4) is 0 Å². The molecule has 0 rings (SSSR count). The Bertz CT molecular complexity index is 965. The van der Waals surface area contributed by atoms with Crippen molar-refractivity contribution in [2.45, 2.75) is 154 Å². The summed E-state index contributed by atoms with van der Waals surface area (Å²) in [5, 5.41) is 25.8. The number of ketones is 1. The number of carbonyl (C=O) groups is 6. The van der Waals surface area contributed by atoms with Gasteiger partial charge in [0.15, 0.2) is 0 Å². The van der Waals surface area contributed by atoms with Gasteiger partial charge in [-0.25, -0.2) is 4.79 Å². The summed E-state index contributed by atoms with van der Waals surface area (Å²) in [7, 11) is 0. The summed E-state index contributed by atoms with van der Waals surface area (Å²) in [5.74, 6) is -2.84. The van der Waals surface area contributed by atoms with Gasteiger partial charge in [-0.3, -0.25) is 19.2 Å². The molecular weight excluding hydrogens is 674 g/mol. The highest BCUT2D eigenvalue weighted by molar-refractivity contribution is 5.87. The topological polar surface area (TPSA) is 207 Å². The van der Waals surface area contributed by atoms with Gasteiger partial charge < -0.3 is 45.2 Å². The Morgan fingerprint density at radius 2 is 0.846 bits per heavy atom. The van der Waals surface area contributed by atoms with Crippen molar-refractivity contribution >= 4 is 35.4 Å². The first-order valence-electron chi connectivity index (χ1n) is 19.6. The molecule has 0 aliphatic rings. The number of hydrogen-bond acceptors (Lipinski definition) is 9. The summed E-state index contributed by atoms with van der Waals surface area (Å²) in [6.07, 6.45) is 18.4. The summed E-state index contributed by atoms with van der Waals surface area (Å²) in [4.78, 5) is 68.6. The van der Waals surface area contributed by atoms with Crippen LogP contribution in [0.25, 0.3) is 0 Å². The van der Waals surface area contributed by atoms with E-state index in [1.807, 2.05) is 0 Å². The fraction of sp³-hybridized carbons (Fsp3) is 0.842. The van der Waals surface area contributed by atoms with Crippen LogP contribution in [0.4, 0.5) is 0 Å². The van der Waals surface area contributed by atoms with Gasteiger partial charge in [0.25, 0.3) is 0 Å². The van der Waals surface area contributed by atoms with Gasteiger partial charge in [0.2, 0.25) is 17.7 Å². The third-order valence-corrected chi connectivity index (χ3v) is 8.36. The van der Waals surface area contributed by atoms with Crippen LogP contribution in [0.1, 0.15) is 148 Å². The van der Waals surface area contributed by atoms with Crippen molar-refractivity contribution in [2.75, 3.05) is 52.7 Å². The molecule has 1 unspecified atom stereocenters. The van der Waals surface area contributed by atoms with Gasteiger partial charge in [0.05, 0.1) is 26.4 Å². The molecule has 0 saturated heterocycles. The van der Waals surface area contributed by atoms with Gasteiger partial charge in [-0.15, -0.1) is 0 Å². The zero-order valence-electron chi connectivity index (χ0n) is 31.9. The van der Waals surface area contributed by atoms with Crippen molar-refractivity contribution in [3.63, 3.8) is 0 Å². The number of ether oxygens (including phenoxy) is 3. The fourth-order valence-corrected chi connectivity index (χ4v) is 5.30. The van der Waals surface area contributed by atoms with Crippen LogP contribution in [-0.2, 0) is 43.0 Å². The average Bonchev–Trinajstić information content (AvgIpc) is 3.10. The molecule has 14 heteroatoms. The van der Waals surface area contributed by atoms with Crippen LogP contribution in [-0.4, -0.2) is 104 Å². The van der Waals surface area contributed by atoms with E-state index in [0.29, 0.717) is 72.0 Å². The minimum Gasteiger partial charge on any atom is -0.481 e. The lowest BCUT2D eigenvalue weighted by Gasteiger charge is -2.13. The number of carboxylic acid groups (broad SMARTS) is 2. The van der Waals surface area contributed by atoms with E-state index in [4.69, 9.17) is 24.4 Å². The number of nitrogens with one attached hydrogen (secondary N) is 3. The Morgan fingerprint density at radius 3 is 1.27 bits per heavy atom. The Kier molecular flexibility index (Phi) is 34.1. The molecule has 0 saturated carbocycles. The predicted molar refractivity (Wildman–Crippen MR) is 198 cm³/mol. The molecular formula is C38H69N3O11. The zero-order valence-corrected chi connectivity index (χ0v) is 31.9. The predicted octanol–water partition coefficient (Wildman–Crippen LogP) is 5.09. The van der Waals surface area contributed by atoms with E-state index in [2.05, 4.69) is 16.0 Å². The Morgan fingerprint density at radius 1 is 0.462 bits per heavy atom. The van der Waals surface area contributed by atoms with E-state index in [1.54, 1.807) is 0 Å². The maximum absolute atomic E-state index is 12.0. The van der Waals surface area contributed by atoms with Gasteiger partial charge >= 0.3 is 11.9 Å². The number of carboxylic acids is 2. The maximum Gasteiger partial charge on any atom is 0.326 e. The van der Waals surface area contributed by atoms with E-state index in [-0.39, 0.29) is 43.3 Å². The van der Waals surface area contributed by atoms with E-state index in [9.17, 15) is 28.8 Å². The highest BCUT2D eigenvalue weighted by atomic mass is 16.5. The first-order chi connectivity index (χ1) is 25.1. The average molecular weight is 744 g/mol. The smallest absolute Gasteiger partial charge is 0.326 e. The molecule has 0 aromatic rings. The van der Waals surface area contributed by atoms with Crippen LogP contribution >= 0.6 is 0 Å². The van der Waals surface area contributed by atoms with Crippen molar-refractivity contribution in [2.24, 2.45) is 0 Å². The minimum absolute atomic E-state index is 0.0112. The van der Waals surface area contributed by atoms with E-state index in [1.165, 1.54) is 64.7 Å². The molecule has 14 nitrogen and oxygen atoms in total. The van der Waals surface area contributed by atoms with Gasteiger partial charge in [-0.2, -0.15) is 0 Å². The molecule has 0 radical (unpaired) electrons. The van der Waals surface area contributed by atoms with Crippen molar-refractivity contribution in [3.8, 4) is 0 Å². The Balaban J connectivity index is 3.38. The third kappa shape index (κ3) is 36.7. The number of amides is 3. The molecule has 0 fully saturated rings. The lowest BCUT2D eigenvalue weighted by molar-refractivity contribution is -0.142. The largest absolute Gasteiger partial charge is 0.481 e. The first kappa shape index (κ1) is 48.9. The first-order valence-corrected chi connectivity index (χ1v) is 19.6. The Labute approximate surface area is 311 Å². The summed E-state index contributed by atoms with van der Waals surface area (Å²) < 4.78 is 16.5. The van der Waals surface area contributed by atoms with Crippen LogP contribution in [0, 0.1) is 0 Å². The SMILES string of the molecule is CC(=O)CCC(NC(=O)CCC(=O)NCCCOCCOCCOCCCNC(=O)CCCCCCCCCCCCCCCCC(=O)O)C(=O)O. The monoisotopic (exact) mass is 743 g/mol. The summed E-state index contributed by atoms with van der Waals surface area (Å²) in [6.45, 7) is 5.07. The fourth-order valence-electron chi connectivity index (χ4n) is 5.30. The van der Waals surface area contributed by atoms with Gasteiger partial charge in [0, 0.05) is 58.4 Å². The molecule has 0 aromatic carbocycles. The van der Waals surface area contributed by atoms with Crippen LogP contribution in [0.15, 0.2) is 0 Å². The lowest BCUT2D eigenvalue weighted by Crippen LogP contribution is -2.41. The molecule has 302 valence electrons. The molecule has 0 aromatic heterocycles. The van der Waals surface area contributed by atoms with Crippen LogP contribution < -0.4 is 16.0 Å². The number of hydrogen-bond donors (Lipinski definition) is 5. The molecule has 0 heterocycles. The molecule has 5 N–H and O–H groups in total. The number of aliphatic carboxylic acids is 2. The minimum atomic E-state index is -1.22. The second-order valence-corrected chi connectivity index (χ2v) is 13.3. The van der Waals surface area contributed by atoms with Crippen molar-refractivity contribution in [3.05, 3.63) is 0 Å². The molecule has 0 bridgehead atoms. The quantitative estimate of drug-likeness (QED) is 0.0524. The summed E-state index contributed by atoms with van der Waals surface area (Å²) in [6, 6.07) is -1.15. The Hall–Kier alpha value is -3.10. The normalized spacial score (nSPS) is 11.6. The van der Waals surface area contributed by atoms with E-state index < -0.39 is 23.9 Å². The van der Waals surface area contributed by atoms with Gasteiger partial charge in [0.1, 0.15) is 11.8 Å². The van der Waals surface area contributed by atoms with Gasteiger partial charge in [-0.1, -0.05) is 77.0 Å². The number of unbranched alkanes of at least 4 members (excludes halogenated alkanes) is 13. The zero-order chi connectivity index (χ0) is 38.5. The van der Waals surface area contributed by atoms with Crippen LogP contribution in [0.5, 0.6) is 0 Å². The van der Waals surface area contributed by atoms with Crippen molar-refractivity contribution < 1.29 is 53.2 Å². The number of rotatable bonds is 39. The van der Waals surface area contributed by atoms with Crippen molar-refractivity contribution in [1.82, 2.24) is 16.0 Å². The second-order valence-electron chi connectivity index (χ2n) is 13.3. The highest BCUT2D eigenvalue weighted by Gasteiger charge is 2.20. The van der Waals surface area contributed by atoms with E-state index in [0.717, 1.165) is 38.5 Å². The van der Waals surface area contributed by atoms with Crippen molar-refractivity contribution in [1.29, 1.82) is 0 Å². The molecule has 0 aliphatic carbocycles. The van der Waals surface area contributed by atoms with Crippen LogP contribution in [0.2, 0.25) is 0 Å². The van der Waals surface area contributed by atoms with Gasteiger partial charge in [-0.05, 0) is 39.0 Å². The molecule has 3 amide bonds. The summed E-state index contributed by atoms with van der Waals surface area (Å²) in [5.41, 5.74) is 0. The van der Waals surface area contributed by atoms with E-state index >= 15 is 0 Å². The lowest BCUT2D eigenvalue weighted by atomic mass is 10.0. The maximum atomic E-state index is 12.0. The second kappa shape index (κ2) is 36.3. The molecule has 52 heavy (non-hydrogen) atoms. The standard InChI is InChI=1S/C38H69N3O11/c1-32(42)20-21-33(38(48)49)41-36(45)23-22-35(44)40-25-17-27-51-29-31-52-30-28-50-26-16-24-39-34(43)18-14-12-10-8-6-4-2-3-5-7-9-11-13-15-19-37(46)47/h33H,2-31H2,1H3,(H,39,43)(H,40,44)(H,41,45)(H,46,47)(H,48,49). The summed E-state index contributed by atoms with van der Waals surface area (Å²) >= 11 is 0.